The summed E-state index contributed by atoms with van der Waals surface area (Å²) >= 11 is 5.92. The van der Waals surface area contributed by atoms with Crippen LogP contribution in [0.4, 0.5) is 5.69 Å². The number of benzene rings is 1. The summed E-state index contributed by atoms with van der Waals surface area (Å²) in [6.45, 7) is 8.60. The fourth-order valence-corrected chi connectivity index (χ4v) is 6.08. The molecule has 1 aliphatic heterocycles. The molecular weight excluding hydrogens is 440 g/mol. The van der Waals surface area contributed by atoms with Gasteiger partial charge in [-0.25, -0.2) is 0 Å². The quantitative estimate of drug-likeness (QED) is 0.409. The fourth-order valence-electron chi connectivity index (χ4n) is 5.73. The van der Waals surface area contributed by atoms with Crippen molar-refractivity contribution in [3.8, 4) is 5.75 Å². The summed E-state index contributed by atoms with van der Waals surface area (Å²) < 4.78 is 8.44. The number of pyridine rings is 1. The van der Waals surface area contributed by atoms with Crippen LogP contribution < -0.4 is 15.0 Å². The van der Waals surface area contributed by atoms with E-state index in [1.54, 1.807) is 0 Å². The maximum Gasteiger partial charge on any atom is 0.174 e. The van der Waals surface area contributed by atoms with Gasteiger partial charge in [0.15, 0.2) is 5.11 Å². The van der Waals surface area contributed by atoms with Gasteiger partial charge in [0.25, 0.3) is 0 Å². The molecule has 2 aliphatic rings. The van der Waals surface area contributed by atoms with Crippen molar-refractivity contribution in [2.75, 3.05) is 4.90 Å². The van der Waals surface area contributed by atoms with Crippen molar-refractivity contribution in [3.63, 3.8) is 0 Å². The standard InChI is InChI=1S/C28H34N4OS/c1-18(2)33-23-14-12-22(13-15-23)32-27(26(30-28(32)34)25-11-7-8-16-29-25)24-17-19(3)31(20(24)4)21-9-5-6-10-21/h7-8,11-18,21,26-27H,5-6,9-10H2,1-4H3,(H,30,34)/t26-,27-/m1/s1. The Labute approximate surface area is 208 Å². The number of thiocarbonyl (C=S) groups is 1. The fraction of sp³-hybridized carbons (Fsp3) is 0.429. The van der Waals surface area contributed by atoms with Crippen molar-refractivity contribution in [1.82, 2.24) is 14.9 Å². The summed E-state index contributed by atoms with van der Waals surface area (Å²) in [4.78, 5) is 6.97. The number of rotatable bonds is 6. The first kappa shape index (κ1) is 22.9. The molecule has 2 aromatic heterocycles. The first-order valence-electron chi connectivity index (χ1n) is 12.4. The summed E-state index contributed by atoms with van der Waals surface area (Å²) in [5.74, 6) is 0.870. The van der Waals surface area contributed by atoms with E-state index in [-0.39, 0.29) is 18.2 Å². The van der Waals surface area contributed by atoms with E-state index in [1.807, 2.05) is 44.3 Å². The summed E-state index contributed by atoms with van der Waals surface area (Å²) in [6, 6.07) is 17.3. The average Bonchev–Trinajstić information content (AvgIpc) is 3.52. The van der Waals surface area contributed by atoms with Crippen LogP contribution in [0.5, 0.6) is 5.75 Å². The highest BCUT2D eigenvalue weighted by atomic mass is 32.1. The second-order valence-electron chi connectivity index (χ2n) is 9.79. The number of hydrogen-bond acceptors (Lipinski definition) is 3. The Morgan fingerprint density at radius 1 is 1.06 bits per heavy atom. The van der Waals surface area contributed by atoms with E-state index in [1.165, 1.54) is 42.6 Å². The van der Waals surface area contributed by atoms with E-state index in [4.69, 9.17) is 21.9 Å². The molecule has 1 saturated carbocycles. The monoisotopic (exact) mass is 474 g/mol. The summed E-state index contributed by atoms with van der Waals surface area (Å²) in [7, 11) is 0. The normalized spacial score (nSPS) is 20.9. The Kier molecular flexibility index (Phi) is 6.34. The maximum absolute atomic E-state index is 5.92. The third-order valence-corrected chi connectivity index (χ3v) is 7.43. The van der Waals surface area contributed by atoms with E-state index >= 15 is 0 Å². The van der Waals surface area contributed by atoms with Gasteiger partial charge in [0, 0.05) is 29.3 Å². The third-order valence-electron chi connectivity index (χ3n) is 7.12. The van der Waals surface area contributed by atoms with Crippen LogP contribution in [-0.2, 0) is 0 Å². The lowest BCUT2D eigenvalue weighted by atomic mass is 9.96. The van der Waals surface area contributed by atoms with Crippen LogP contribution in [0.1, 0.15) is 80.3 Å². The lowest BCUT2D eigenvalue weighted by Crippen LogP contribution is -2.29. The molecular formula is C28H34N4OS. The van der Waals surface area contributed by atoms with Gasteiger partial charge >= 0.3 is 0 Å². The van der Waals surface area contributed by atoms with Crippen LogP contribution in [0.2, 0.25) is 0 Å². The maximum atomic E-state index is 5.92. The molecule has 0 bridgehead atoms. The van der Waals surface area contributed by atoms with E-state index in [9.17, 15) is 0 Å². The molecule has 1 aromatic carbocycles. The Bertz CT molecular complexity index is 1150. The molecule has 3 heterocycles. The number of hydrogen-bond donors (Lipinski definition) is 1. The predicted molar refractivity (Wildman–Crippen MR) is 142 cm³/mol. The van der Waals surface area contributed by atoms with Crippen LogP contribution in [0.3, 0.4) is 0 Å². The lowest BCUT2D eigenvalue weighted by molar-refractivity contribution is 0.242. The van der Waals surface area contributed by atoms with Crippen LogP contribution in [0.15, 0.2) is 54.7 Å². The van der Waals surface area contributed by atoms with Gasteiger partial charge in [0.2, 0.25) is 0 Å². The molecule has 2 fully saturated rings. The summed E-state index contributed by atoms with van der Waals surface area (Å²) in [5.41, 5.74) is 6.05. The van der Waals surface area contributed by atoms with E-state index < -0.39 is 0 Å². The zero-order valence-corrected chi connectivity index (χ0v) is 21.3. The predicted octanol–water partition coefficient (Wildman–Crippen LogP) is 6.58. The molecule has 1 saturated heterocycles. The Morgan fingerprint density at radius 2 is 1.79 bits per heavy atom. The number of nitrogens with one attached hydrogen (secondary N) is 1. The molecule has 3 aromatic rings. The zero-order chi connectivity index (χ0) is 23.8. The molecule has 1 N–H and O–H groups in total. The number of nitrogens with zero attached hydrogens (tertiary/aromatic N) is 3. The van der Waals surface area contributed by atoms with E-state index in [0.717, 1.165) is 22.2 Å². The molecule has 0 radical (unpaired) electrons. The van der Waals surface area contributed by atoms with Gasteiger partial charge in [0.1, 0.15) is 5.75 Å². The third kappa shape index (κ3) is 4.20. The number of ether oxygens (including phenoxy) is 1. The molecule has 2 atom stereocenters. The van der Waals surface area contributed by atoms with Gasteiger partial charge in [-0.3, -0.25) is 4.98 Å². The van der Waals surface area contributed by atoms with Crippen molar-refractivity contribution in [3.05, 3.63) is 77.4 Å². The van der Waals surface area contributed by atoms with Gasteiger partial charge in [-0.1, -0.05) is 18.9 Å². The Morgan fingerprint density at radius 3 is 2.44 bits per heavy atom. The Hall–Kier alpha value is -2.86. The smallest absolute Gasteiger partial charge is 0.174 e. The first-order valence-corrected chi connectivity index (χ1v) is 12.8. The average molecular weight is 475 g/mol. The number of aromatic nitrogens is 2. The van der Waals surface area contributed by atoms with Gasteiger partial charge in [-0.15, -0.1) is 0 Å². The molecule has 0 unspecified atom stereocenters. The lowest BCUT2D eigenvalue weighted by Gasteiger charge is -2.29. The van der Waals surface area contributed by atoms with Gasteiger partial charge in [0.05, 0.1) is 23.9 Å². The molecule has 5 rings (SSSR count). The highest BCUT2D eigenvalue weighted by Crippen LogP contribution is 2.45. The largest absolute Gasteiger partial charge is 0.491 e. The first-order chi connectivity index (χ1) is 16.4. The number of aryl methyl sites for hydroxylation is 1. The topological polar surface area (TPSA) is 42.3 Å². The van der Waals surface area contributed by atoms with E-state index in [0.29, 0.717) is 6.04 Å². The SMILES string of the molecule is Cc1cc([C@@H]2[C@@H](c3ccccn3)NC(=S)N2c2ccc(OC(C)C)cc2)c(C)n1C1CCCC1. The molecule has 0 amide bonds. The highest BCUT2D eigenvalue weighted by Gasteiger charge is 2.42. The summed E-state index contributed by atoms with van der Waals surface area (Å²) in [5, 5.41) is 4.32. The molecule has 0 spiro atoms. The van der Waals surface area contributed by atoms with Gasteiger partial charge in [-0.2, -0.15) is 0 Å². The minimum absolute atomic E-state index is 0.0145. The van der Waals surface area contributed by atoms with Gasteiger partial charge < -0.3 is 19.5 Å². The number of anilines is 1. The van der Waals surface area contributed by atoms with Crippen molar-refractivity contribution in [2.24, 2.45) is 0 Å². The van der Waals surface area contributed by atoms with Crippen molar-refractivity contribution in [2.45, 2.75) is 77.6 Å². The minimum atomic E-state index is -0.0298. The van der Waals surface area contributed by atoms with Crippen molar-refractivity contribution < 1.29 is 4.74 Å². The molecule has 178 valence electrons. The van der Waals surface area contributed by atoms with Gasteiger partial charge in [-0.05, 0) is 101 Å². The van der Waals surface area contributed by atoms with Crippen LogP contribution in [-0.4, -0.2) is 20.8 Å². The van der Waals surface area contributed by atoms with Crippen LogP contribution in [0, 0.1) is 13.8 Å². The van der Waals surface area contributed by atoms with Crippen molar-refractivity contribution >= 4 is 23.0 Å². The van der Waals surface area contributed by atoms with Crippen LogP contribution >= 0.6 is 12.2 Å². The molecule has 34 heavy (non-hydrogen) atoms. The second kappa shape index (κ2) is 9.41. The van der Waals surface area contributed by atoms with Crippen molar-refractivity contribution in [1.29, 1.82) is 0 Å². The van der Waals surface area contributed by atoms with E-state index in [2.05, 4.69) is 52.9 Å². The summed E-state index contributed by atoms with van der Waals surface area (Å²) in [6.07, 6.45) is 7.17. The zero-order valence-electron chi connectivity index (χ0n) is 20.5. The molecule has 1 aliphatic carbocycles. The molecule has 5 nitrogen and oxygen atoms in total. The Balaban J connectivity index is 1.59. The van der Waals surface area contributed by atoms with Crippen LogP contribution in [0.25, 0.3) is 0 Å². The molecule has 6 heteroatoms. The second-order valence-corrected chi connectivity index (χ2v) is 10.2. The highest BCUT2D eigenvalue weighted by molar-refractivity contribution is 7.80. The minimum Gasteiger partial charge on any atom is -0.491 e.